The van der Waals surface area contributed by atoms with Gasteiger partial charge in [-0.2, -0.15) is 0 Å². The fourth-order valence-electron chi connectivity index (χ4n) is 3.06. The number of rotatable bonds is 3. The first-order valence-electron chi connectivity index (χ1n) is 7.71. The van der Waals surface area contributed by atoms with Crippen LogP contribution in [0.5, 0.6) is 0 Å². The summed E-state index contributed by atoms with van der Waals surface area (Å²) in [6, 6.07) is 6.63. The van der Waals surface area contributed by atoms with E-state index >= 15 is 0 Å². The predicted molar refractivity (Wildman–Crippen MR) is 90.6 cm³/mol. The smallest absolute Gasteiger partial charge is 0.224 e. The maximum absolute atomic E-state index is 13.2. The van der Waals surface area contributed by atoms with E-state index in [1.807, 2.05) is 19.2 Å². The molecule has 2 heterocycles. The number of halogens is 2. The van der Waals surface area contributed by atoms with Crippen molar-refractivity contribution in [3.8, 4) is 0 Å². The van der Waals surface area contributed by atoms with Crippen molar-refractivity contribution in [2.75, 3.05) is 32.1 Å². The number of hydrogen-bond acceptors (Lipinski definition) is 4. The van der Waals surface area contributed by atoms with E-state index < -0.39 is 0 Å². The van der Waals surface area contributed by atoms with Gasteiger partial charge in [-0.15, -0.1) is 0 Å². The normalized spacial score (nSPS) is 17.9. The van der Waals surface area contributed by atoms with E-state index in [-0.39, 0.29) is 17.0 Å². The topological polar surface area (TPSA) is 32.3 Å². The summed E-state index contributed by atoms with van der Waals surface area (Å²) in [6.07, 6.45) is 0. The van der Waals surface area contributed by atoms with Crippen LogP contribution in [0, 0.1) is 5.82 Å². The summed E-state index contributed by atoms with van der Waals surface area (Å²) >= 11 is 6.17. The van der Waals surface area contributed by atoms with Gasteiger partial charge >= 0.3 is 0 Å². The Hall–Kier alpha value is -1.72. The Balaban J connectivity index is 2.13. The molecule has 0 saturated carbocycles. The van der Waals surface area contributed by atoms with Crippen LogP contribution in [-0.4, -0.2) is 42.1 Å². The van der Waals surface area contributed by atoms with Gasteiger partial charge in [0.2, 0.25) is 5.28 Å². The van der Waals surface area contributed by atoms with Crippen molar-refractivity contribution in [1.82, 2.24) is 14.9 Å². The monoisotopic (exact) mass is 334 g/mol. The van der Waals surface area contributed by atoms with Gasteiger partial charge in [-0.25, -0.2) is 14.4 Å². The van der Waals surface area contributed by atoms with Crippen molar-refractivity contribution in [3.63, 3.8) is 0 Å². The predicted octanol–water partition coefficient (Wildman–Crippen LogP) is 3.30. The Kier molecular flexibility index (Phi) is 4.50. The van der Waals surface area contributed by atoms with Crippen LogP contribution in [0.15, 0.2) is 24.3 Å². The minimum atomic E-state index is -0.231. The van der Waals surface area contributed by atoms with Gasteiger partial charge in [0.15, 0.2) is 0 Å². The van der Waals surface area contributed by atoms with Crippen molar-refractivity contribution < 1.29 is 4.39 Å². The largest absolute Gasteiger partial charge is 0.360 e. The van der Waals surface area contributed by atoms with Crippen LogP contribution in [0.3, 0.4) is 0 Å². The second-order valence-corrected chi connectivity index (χ2v) is 6.33. The zero-order chi connectivity index (χ0) is 16.6. The average molecular weight is 335 g/mol. The average Bonchev–Trinajstić information content (AvgIpc) is 2.54. The van der Waals surface area contributed by atoms with Gasteiger partial charge in [-0.05, 0) is 43.3 Å². The fraction of sp³-hybridized carbons (Fsp3) is 0.412. The van der Waals surface area contributed by atoms with Crippen LogP contribution >= 0.6 is 11.6 Å². The van der Waals surface area contributed by atoms with Crippen molar-refractivity contribution in [2.24, 2.45) is 0 Å². The molecule has 3 rings (SSSR count). The van der Waals surface area contributed by atoms with Gasteiger partial charge in [-0.1, -0.05) is 12.1 Å². The third-order valence-corrected chi connectivity index (χ3v) is 4.52. The molecule has 0 amide bonds. The molecule has 0 fully saturated rings. The minimum absolute atomic E-state index is 0.0638. The first kappa shape index (κ1) is 16.1. The standard InChI is InChI=1S/C17H20ClFN4/c1-4-23(3)16-14-10-22(2)9-13(15(14)20-17(18)21-16)11-5-7-12(19)8-6-11/h5-8,13H,4,9-10H2,1-3H3. The number of hydrogen-bond donors (Lipinski definition) is 0. The van der Waals surface area contributed by atoms with Gasteiger partial charge in [0.1, 0.15) is 11.6 Å². The van der Waals surface area contributed by atoms with Crippen LogP contribution < -0.4 is 4.90 Å². The second-order valence-electron chi connectivity index (χ2n) is 6.00. The molecule has 122 valence electrons. The van der Waals surface area contributed by atoms with Crippen LogP contribution in [0.1, 0.15) is 29.7 Å². The van der Waals surface area contributed by atoms with Crippen LogP contribution in [0.25, 0.3) is 0 Å². The molecule has 0 N–H and O–H groups in total. The first-order valence-corrected chi connectivity index (χ1v) is 8.08. The highest BCUT2D eigenvalue weighted by atomic mass is 35.5. The quantitative estimate of drug-likeness (QED) is 0.806. The summed E-state index contributed by atoms with van der Waals surface area (Å²) in [5, 5.41) is 0.260. The second kappa shape index (κ2) is 6.42. The molecule has 1 aliphatic rings. The zero-order valence-electron chi connectivity index (χ0n) is 13.6. The third kappa shape index (κ3) is 3.16. The summed E-state index contributed by atoms with van der Waals surface area (Å²) in [5.74, 6) is 0.709. The van der Waals surface area contributed by atoms with E-state index in [2.05, 4.69) is 33.7 Å². The van der Waals surface area contributed by atoms with Gasteiger partial charge in [0.05, 0.1) is 5.69 Å². The number of anilines is 1. The summed E-state index contributed by atoms with van der Waals surface area (Å²) in [4.78, 5) is 13.3. The number of benzene rings is 1. The van der Waals surface area contributed by atoms with Crippen molar-refractivity contribution in [1.29, 1.82) is 0 Å². The molecule has 0 aliphatic carbocycles. The van der Waals surface area contributed by atoms with E-state index in [9.17, 15) is 4.39 Å². The molecule has 0 saturated heterocycles. The van der Waals surface area contributed by atoms with Gasteiger partial charge in [0, 0.05) is 38.2 Å². The number of likely N-dealkylation sites (N-methyl/N-ethyl adjacent to an activating group) is 1. The molecular formula is C17H20ClFN4. The van der Waals surface area contributed by atoms with E-state index in [0.29, 0.717) is 0 Å². The Morgan fingerprint density at radius 2 is 2.00 bits per heavy atom. The van der Waals surface area contributed by atoms with E-state index in [1.54, 1.807) is 0 Å². The Bertz CT molecular complexity index is 704. The lowest BCUT2D eigenvalue weighted by molar-refractivity contribution is 0.291. The minimum Gasteiger partial charge on any atom is -0.360 e. The molecule has 23 heavy (non-hydrogen) atoms. The molecule has 1 unspecified atom stereocenters. The summed E-state index contributed by atoms with van der Waals surface area (Å²) in [7, 11) is 4.07. The zero-order valence-corrected chi connectivity index (χ0v) is 14.3. The molecule has 6 heteroatoms. The molecule has 2 aromatic rings. The van der Waals surface area contributed by atoms with Crippen molar-refractivity contribution >= 4 is 17.4 Å². The number of fused-ring (bicyclic) bond motifs is 1. The van der Waals surface area contributed by atoms with E-state index in [0.717, 1.165) is 42.3 Å². The molecular weight excluding hydrogens is 315 g/mol. The molecule has 1 atom stereocenters. The highest BCUT2D eigenvalue weighted by molar-refractivity contribution is 6.28. The molecule has 1 aliphatic heterocycles. The van der Waals surface area contributed by atoms with E-state index in [4.69, 9.17) is 11.6 Å². The molecule has 1 aromatic carbocycles. The highest BCUT2D eigenvalue weighted by Crippen LogP contribution is 2.36. The Morgan fingerprint density at radius 3 is 2.65 bits per heavy atom. The lowest BCUT2D eigenvalue weighted by Gasteiger charge is -2.34. The van der Waals surface area contributed by atoms with E-state index in [1.165, 1.54) is 12.1 Å². The van der Waals surface area contributed by atoms with Gasteiger partial charge in [0.25, 0.3) is 0 Å². The SMILES string of the molecule is CCN(C)c1nc(Cl)nc2c1CN(C)CC2c1ccc(F)cc1. The maximum atomic E-state index is 13.2. The lowest BCUT2D eigenvalue weighted by Crippen LogP contribution is -2.34. The number of aromatic nitrogens is 2. The number of nitrogens with zero attached hydrogens (tertiary/aromatic N) is 4. The first-order chi connectivity index (χ1) is 11.0. The molecule has 1 aromatic heterocycles. The van der Waals surface area contributed by atoms with Gasteiger partial charge < -0.3 is 9.80 Å². The molecule has 0 bridgehead atoms. The van der Waals surface area contributed by atoms with Crippen LogP contribution in [-0.2, 0) is 6.54 Å². The van der Waals surface area contributed by atoms with Crippen molar-refractivity contribution in [2.45, 2.75) is 19.4 Å². The molecule has 0 radical (unpaired) electrons. The van der Waals surface area contributed by atoms with Crippen molar-refractivity contribution in [3.05, 3.63) is 52.2 Å². The summed E-state index contributed by atoms with van der Waals surface area (Å²) in [5.41, 5.74) is 3.09. The third-order valence-electron chi connectivity index (χ3n) is 4.35. The summed E-state index contributed by atoms with van der Waals surface area (Å²) in [6.45, 7) is 4.52. The molecule has 4 nitrogen and oxygen atoms in total. The summed E-state index contributed by atoms with van der Waals surface area (Å²) < 4.78 is 13.2. The maximum Gasteiger partial charge on any atom is 0.224 e. The van der Waals surface area contributed by atoms with Crippen LogP contribution in [0.2, 0.25) is 5.28 Å². The molecule has 0 spiro atoms. The Morgan fingerprint density at radius 1 is 1.30 bits per heavy atom. The Labute approximate surface area is 140 Å². The van der Waals surface area contributed by atoms with Gasteiger partial charge in [-0.3, -0.25) is 0 Å². The lowest BCUT2D eigenvalue weighted by atomic mass is 9.89. The van der Waals surface area contributed by atoms with Crippen LogP contribution in [0.4, 0.5) is 10.2 Å². The fourth-order valence-corrected chi connectivity index (χ4v) is 3.23. The highest BCUT2D eigenvalue weighted by Gasteiger charge is 2.30.